The Balaban J connectivity index is 1.81. The molecule has 5 nitrogen and oxygen atoms in total. The molecule has 116 valence electrons. The molecule has 0 unspecified atom stereocenters. The Hall–Kier alpha value is -2.05. The minimum atomic E-state index is -0.446. The Labute approximate surface area is 133 Å². The van der Waals surface area contributed by atoms with Crippen molar-refractivity contribution in [3.63, 3.8) is 0 Å². The van der Waals surface area contributed by atoms with Crippen LogP contribution >= 0.6 is 11.3 Å². The van der Waals surface area contributed by atoms with Gasteiger partial charge in [-0.1, -0.05) is 12.1 Å². The molecular formula is C16H18N2O3S. The van der Waals surface area contributed by atoms with Gasteiger partial charge in [0.2, 0.25) is 5.91 Å². The maximum atomic E-state index is 12.1. The van der Waals surface area contributed by atoms with Crippen LogP contribution in [0.1, 0.15) is 16.5 Å². The van der Waals surface area contributed by atoms with Crippen LogP contribution < -0.4 is 15.2 Å². The summed E-state index contributed by atoms with van der Waals surface area (Å²) in [4.78, 5) is 15.0. The van der Waals surface area contributed by atoms with E-state index in [1.54, 1.807) is 30.5 Å². The van der Waals surface area contributed by atoms with E-state index in [9.17, 15) is 4.79 Å². The average molecular weight is 318 g/mol. The lowest BCUT2D eigenvalue weighted by Crippen LogP contribution is -2.62. The number of nitrogens with two attached hydrogens (primary N) is 1. The lowest BCUT2D eigenvalue weighted by Gasteiger charge is -2.45. The van der Waals surface area contributed by atoms with Gasteiger partial charge in [0, 0.05) is 11.4 Å². The van der Waals surface area contributed by atoms with E-state index in [1.165, 1.54) is 0 Å². The monoisotopic (exact) mass is 318 g/mol. The van der Waals surface area contributed by atoms with Crippen LogP contribution in [-0.4, -0.2) is 31.1 Å². The van der Waals surface area contributed by atoms with Crippen molar-refractivity contribution in [2.45, 2.75) is 18.6 Å². The highest BCUT2D eigenvalue weighted by Crippen LogP contribution is 2.38. The minimum Gasteiger partial charge on any atom is -0.493 e. The summed E-state index contributed by atoms with van der Waals surface area (Å²) in [6.45, 7) is 0.509. The molecule has 1 saturated heterocycles. The molecule has 1 aromatic heterocycles. The highest BCUT2D eigenvalue weighted by Gasteiger charge is 2.46. The number of hydrogen-bond donors (Lipinski definition) is 1. The van der Waals surface area contributed by atoms with Crippen molar-refractivity contribution in [2.24, 2.45) is 5.73 Å². The van der Waals surface area contributed by atoms with Crippen molar-refractivity contribution in [2.75, 3.05) is 14.2 Å². The summed E-state index contributed by atoms with van der Waals surface area (Å²) < 4.78 is 10.5. The number of carbonyl (C=O) groups excluding carboxylic acids is 1. The third-order valence-corrected chi connectivity index (χ3v) is 4.82. The maximum Gasteiger partial charge on any atom is 0.242 e. The molecule has 0 aliphatic carbocycles. The lowest BCUT2D eigenvalue weighted by atomic mass is 9.93. The van der Waals surface area contributed by atoms with E-state index in [-0.39, 0.29) is 11.9 Å². The van der Waals surface area contributed by atoms with Gasteiger partial charge in [-0.15, -0.1) is 11.3 Å². The second-order valence-electron chi connectivity index (χ2n) is 5.14. The number of carbonyl (C=O) groups is 1. The van der Waals surface area contributed by atoms with Crippen LogP contribution in [0.4, 0.5) is 0 Å². The highest BCUT2D eigenvalue weighted by atomic mass is 32.1. The van der Waals surface area contributed by atoms with Crippen LogP contribution in [0.5, 0.6) is 11.5 Å². The minimum absolute atomic E-state index is 0.0202. The van der Waals surface area contributed by atoms with Gasteiger partial charge in [-0.2, -0.15) is 0 Å². The van der Waals surface area contributed by atoms with Crippen molar-refractivity contribution in [3.05, 3.63) is 46.2 Å². The first-order chi connectivity index (χ1) is 10.7. The van der Waals surface area contributed by atoms with Gasteiger partial charge in [-0.3, -0.25) is 4.79 Å². The van der Waals surface area contributed by atoms with Gasteiger partial charge in [0.05, 0.1) is 20.3 Å². The smallest absolute Gasteiger partial charge is 0.242 e. The van der Waals surface area contributed by atoms with Gasteiger partial charge in [0.1, 0.15) is 6.04 Å². The normalized spacial score (nSPS) is 20.7. The van der Waals surface area contributed by atoms with Gasteiger partial charge in [0.15, 0.2) is 11.5 Å². The Morgan fingerprint density at radius 2 is 2.00 bits per heavy atom. The van der Waals surface area contributed by atoms with E-state index < -0.39 is 6.04 Å². The molecule has 6 heteroatoms. The first-order valence-electron chi connectivity index (χ1n) is 6.96. The lowest BCUT2D eigenvalue weighted by molar-refractivity contribution is -0.150. The highest BCUT2D eigenvalue weighted by molar-refractivity contribution is 7.10. The van der Waals surface area contributed by atoms with Crippen LogP contribution in [0.2, 0.25) is 0 Å². The fraction of sp³-hybridized carbons (Fsp3) is 0.312. The molecule has 1 aliphatic heterocycles. The molecule has 0 radical (unpaired) electrons. The zero-order chi connectivity index (χ0) is 15.7. The van der Waals surface area contributed by atoms with Crippen molar-refractivity contribution in [1.82, 2.24) is 4.90 Å². The van der Waals surface area contributed by atoms with E-state index in [4.69, 9.17) is 15.2 Å². The van der Waals surface area contributed by atoms with Crippen LogP contribution in [0.3, 0.4) is 0 Å². The van der Waals surface area contributed by atoms with Gasteiger partial charge in [-0.05, 0) is 29.1 Å². The molecule has 2 N–H and O–H groups in total. The van der Waals surface area contributed by atoms with E-state index in [2.05, 4.69) is 0 Å². The van der Waals surface area contributed by atoms with E-state index >= 15 is 0 Å². The van der Waals surface area contributed by atoms with Crippen LogP contribution in [0.25, 0.3) is 0 Å². The van der Waals surface area contributed by atoms with Crippen LogP contribution in [-0.2, 0) is 11.3 Å². The van der Waals surface area contributed by atoms with Gasteiger partial charge in [0.25, 0.3) is 0 Å². The summed E-state index contributed by atoms with van der Waals surface area (Å²) in [5, 5.41) is 2.00. The number of rotatable bonds is 5. The molecule has 1 fully saturated rings. The number of β-lactam (4-membered cyclic amide) rings is 1. The fourth-order valence-electron chi connectivity index (χ4n) is 2.72. The third kappa shape index (κ3) is 2.44. The van der Waals surface area contributed by atoms with Gasteiger partial charge >= 0.3 is 0 Å². The number of benzene rings is 1. The molecule has 22 heavy (non-hydrogen) atoms. The third-order valence-electron chi connectivity index (χ3n) is 3.88. The van der Waals surface area contributed by atoms with Crippen molar-refractivity contribution >= 4 is 17.2 Å². The van der Waals surface area contributed by atoms with Crippen LogP contribution in [0.15, 0.2) is 35.7 Å². The van der Waals surface area contributed by atoms with E-state index in [1.807, 2.05) is 35.7 Å². The number of thiophene rings is 1. The molecule has 1 amide bonds. The van der Waals surface area contributed by atoms with Crippen molar-refractivity contribution < 1.29 is 14.3 Å². The number of amides is 1. The summed E-state index contributed by atoms with van der Waals surface area (Å²) in [5.41, 5.74) is 6.96. The quantitative estimate of drug-likeness (QED) is 0.858. The Morgan fingerprint density at radius 1 is 1.23 bits per heavy atom. The Bertz CT molecular complexity index is 672. The second-order valence-corrected chi connectivity index (χ2v) is 6.12. The van der Waals surface area contributed by atoms with Gasteiger partial charge < -0.3 is 20.1 Å². The van der Waals surface area contributed by atoms with E-state index in [0.717, 1.165) is 10.4 Å². The summed E-state index contributed by atoms with van der Waals surface area (Å²) in [6.07, 6.45) is 0. The molecule has 2 heterocycles. The first kappa shape index (κ1) is 14.9. The number of likely N-dealkylation sites (tertiary alicyclic amines) is 1. The predicted octanol–water partition coefficient (Wildman–Crippen LogP) is 2.18. The summed E-state index contributed by atoms with van der Waals surface area (Å²) in [5.74, 6) is 1.31. The molecule has 0 saturated carbocycles. The standard InChI is InChI=1S/C16H18N2O3S/c1-20-11-6-5-10(8-12(11)21-2)9-18-15(14(17)16(18)19)13-4-3-7-22-13/h3-8,14-15H,9,17H2,1-2H3/t14-,15+/m0/s1. The fourth-order valence-corrected chi connectivity index (χ4v) is 3.60. The molecule has 2 aromatic rings. The summed E-state index contributed by atoms with van der Waals surface area (Å²) in [7, 11) is 3.20. The largest absolute Gasteiger partial charge is 0.493 e. The average Bonchev–Trinajstić information content (AvgIpc) is 3.07. The van der Waals surface area contributed by atoms with Crippen molar-refractivity contribution in [1.29, 1.82) is 0 Å². The topological polar surface area (TPSA) is 64.8 Å². The zero-order valence-electron chi connectivity index (χ0n) is 12.5. The number of ether oxygens (including phenoxy) is 2. The maximum absolute atomic E-state index is 12.1. The molecule has 3 rings (SSSR count). The summed E-state index contributed by atoms with van der Waals surface area (Å²) >= 11 is 1.62. The summed E-state index contributed by atoms with van der Waals surface area (Å²) in [6, 6.07) is 9.18. The molecular weight excluding hydrogens is 300 g/mol. The Kier molecular flexibility index (Phi) is 4.04. The van der Waals surface area contributed by atoms with Gasteiger partial charge in [-0.25, -0.2) is 0 Å². The molecule has 0 bridgehead atoms. The molecule has 0 spiro atoms. The number of hydrogen-bond acceptors (Lipinski definition) is 5. The molecule has 2 atom stereocenters. The SMILES string of the molecule is COc1ccc(CN2C(=O)[C@@H](N)[C@H]2c2cccs2)cc1OC. The number of nitrogens with zero attached hydrogens (tertiary/aromatic N) is 1. The van der Waals surface area contributed by atoms with Crippen LogP contribution in [0, 0.1) is 0 Å². The number of methoxy groups -OCH3 is 2. The Morgan fingerprint density at radius 3 is 2.64 bits per heavy atom. The first-order valence-corrected chi connectivity index (χ1v) is 7.84. The zero-order valence-corrected chi connectivity index (χ0v) is 13.3. The predicted molar refractivity (Wildman–Crippen MR) is 85.1 cm³/mol. The van der Waals surface area contributed by atoms with E-state index in [0.29, 0.717) is 18.0 Å². The molecule has 1 aromatic carbocycles. The van der Waals surface area contributed by atoms with Crippen molar-refractivity contribution in [3.8, 4) is 11.5 Å². The second kappa shape index (κ2) is 5.98. The molecule has 1 aliphatic rings.